The van der Waals surface area contributed by atoms with E-state index in [4.69, 9.17) is 11.6 Å². The van der Waals surface area contributed by atoms with E-state index in [0.717, 1.165) is 10.9 Å². The van der Waals surface area contributed by atoms with Gasteiger partial charge in [0.05, 0.1) is 25.8 Å². The van der Waals surface area contributed by atoms with Crippen LogP contribution in [-0.4, -0.2) is 79.4 Å². The zero-order chi connectivity index (χ0) is 31.7. The summed E-state index contributed by atoms with van der Waals surface area (Å²) in [4.78, 5) is 17.2. The number of halogens is 7. The maximum absolute atomic E-state index is 13.1. The summed E-state index contributed by atoms with van der Waals surface area (Å²) >= 11 is 5.87. The van der Waals surface area contributed by atoms with Crippen molar-refractivity contribution in [2.24, 2.45) is 0 Å². The number of hydrogen-bond acceptors (Lipinski definition) is 8. The van der Waals surface area contributed by atoms with Crippen LogP contribution in [0.25, 0.3) is 11.4 Å². The van der Waals surface area contributed by atoms with Gasteiger partial charge in [-0.3, -0.25) is 4.57 Å². The summed E-state index contributed by atoms with van der Waals surface area (Å²) in [6.07, 6.45) is -12.9. The first-order chi connectivity index (χ1) is 19.1. The molecule has 0 amide bonds. The molecule has 1 atom stereocenters. The predicted octanol–water partition coefficient (Wildman–Crippen LogP) is 2.62. The summed E-state index contributed by atoms with van der Waals surface area (Å²) in [6, 6.07) is 5.60. The lowest BCUT2D eigenvalue weighted by molar-refractivity contribution is -0.207. The van der Waals surface area contributed by atoms with Crippen molar-refractivity contribution in [3.63, 3.8) is 0 Å². The van der Waals surface area contributed by atoms with Gasteiger partial charge in [0.2, 0.25) is 16.0 Å². The highest BCUT2D eigenvalue weighted by Gasteiger charge is 2.39. The monoisotopic (exact) mass is 648 g/mol. The van der Waals surface area contributed by atoms with Crippen LogP contribution >= 0.6 is 11.6 Å². The number of alkyl halides is 6. The highest BCUT2D eigenvalue weighted by atomic mass is 35.5. The van der Waals surface area contributed by atoms with Crippen molar-refractivity contribution in [1.82, 2.24) is 33.8 Å². The van der Waals surface area contributed by atoms with Gasteiger partial charge in [-0.15, -0.1) is 5.10 Å². The highest BCUT2D eigenvalue weighted by molar-refractivity contribution is 7.88. The van der Waals surface area contributed by atoms with Gasteiger partial charge < -0.3 is 10.4 Å². The number of nitrogens with zero attached hydrogens (tertiary/aromatic N) is 6. The van der Waals surface area contributed by atoms with E-state index in [0.29, 0.717) is 14.3 Å². The van der Waals surface area contributed by atoms with Crippen molar-refractivity contribution in [2.75, 3.05) is 18.1 Å². The van der Waals surface area contributed by atoms with E-state index >= 15 is 0 Å². The Morgan fingerprint density at radius 3 is 2.21 bits per heavy atom. The minimum Gasteiger partial charge on any atom is -0.382 e. The lowest BCUT2D eigenvalue weighted by Crippen LogP contribution is -2.48. The molecule has 0 spiro atoms. The Morgan fingerprint density at radius 2 is 1.67 bits per heavy atom. The second kappa shape index (κ2) is 12.2. The number of sulfonamides is 1. The zero-order valence-corrected chi connectivity index (χ0v) is 23.9. The first kappa shape index (κ1) is 33.3. The molecule has 1 aromatic carbocycles. The lowest BCUT2D eigenvalue weighted by Gasteiger charge is -2.25. The minimum absolute atomic E-state index is 0.130. The molecule has 42 heavy (non-hydrogen) atoms. The van der Waals surface area contributed by atoms with Gasteiger partial charge >= 0.3 is 18.0 Å². The van der Waals surface area contributed by atoms with E-state index in [9.17, 15) is 44.7 Å². The number of aryl methyl sites for hydroxylation is 1. The van der Waals surface area contributed by atoms with Gasteiger partial charge in [0.1, 0.15) is 6.54 Å². The smallest absolute Gasteiger partial charge is 0.382 e. The molecule has 0 bridgehead atoms. The Balaban J connectivity index is 1.98. The Bertz CT molecular complexity index is 1550. The van der Waals surface area contributed by atoms with Crippen molar-refractivity contribution >= 4 is 27.6 Å². The molecule has 0 aliphatic heterocycles. The van der Waals surface area contributed by atoms with Gasteiger partial charge in [0.25, 0.3) is 0 Å². The Hall–Kier alpha value is -3.16. The predicted molar refractivity (Wildman–Crippen MR) is 139 cm³/mol. The van der Waals surface area contributed by atoms with E-state index in [1.54, 1.807) is 0 Å². The van der Waals surface area contributed by atoms with Crippen LogP contribution in [0, 0.1) is 0 Å². The number of rotatable bonds is 12. The molecule has 1 unspecified atom stereocenters. The van der Waals surface area contributed by atoms with Crippen LogP contribution in [0.1, 0.15) is 26.1 Å². The molecule has 0 saturated heterocycles. The van der Waals surface area contributed by atoms with Crippen LogP contribution in [0.5, 0.6) is 0 Å². The largest absolute Gasteiger partial charge is 0.416 e. The SMILES string of the molecule is CC(C)(CNc1nc(Cn2nc(-c3ccc(Cl)cc3)n(CC(O)C(F)(F)F)c2=O)nn1CCC(F)(F)F)NS(C)(=O)=O. The van der Waals surface area contributed by atoms with E-state index < -0.39 is 65.8 Å². The van der Waals surface area contributed by atoms with Gasteiger partial charge in [0, 0.05) is 22.7 Å². The normalized spacial score (nSPS) is 13.9. The standard InChI is InChI=1S/C22H27ClF6N8O4S/c1-20(2,34-42(3,40)41)12-30-18-31-16(32-36(18)9-8-21(24,25)26)11-37-19(39)35(10-15(38)22(27,28)29)17(33-37)13-4-6-14(23)7-5-13/h4-7,15,34,38H,8-12H2,1-3H3,(H,30,31,32). The van der Waals surface area contributed by atoms with E-state index in [2.05, 4.69) is 25.2 Å². The Labute approximate surface area is 240 Å². The quantitative estimate of drug-likeness (QED) is 0.254. The molecule has 3 aromatic rings. The summed E-state index contributed by atoms with van der Waals surface area (Å²) < 4.78 is 106. The minimum atomic E-state index is -5.04. The molecule has 0 radical (unpaired) electrons. The van der Waals surface area contributed by atoms with Crippen molar-refractivity contribution in [1.29, 1.82) is 0 Å². The van der Waals surface area contributed by atoms with Crippen LogP contribution < -0.4 is 15.7 Å². The third-order valence-electron chi connectivity index (χ3n) is 5.52. The summed E-state index contributed by atoms with van der Waals surface area (Å²) in [5.74, 6) is -0.654. The van der Waals surface area contributed by atoms with Gasteiger partial charge in [0.15, 0.2) is 17.8 Å². The summed E-state index contributed by atoms with van der Waals surface area (Å²) in [5, 5.41) is 20.7. The second-order valence-electron chi connectivity index (χ2n) is 9.99. The Kier molecular flexibility index (Phi) is 9.70. The number of aromatic nitrogens is 6. The average Bonchev–Trinajstić information content (AvgIpc) is 3.35. The number of nitrogens with one attached hydrogen (secondary N) is 2. The summed E-state index contributed by atoms with van der Waals surface area (Å²) in [5.41, 5.74) is -1.99. The average molecular weight is 649 g/mol. The fourth-order valence-electron chi connectivity index (χ4n) is 3.74. The van der Waals surface area contributed by atoms with E-state index in [1.165, 1.54) is 38.1 Å². The first-order valence-electron chi connectivity index (χ1n) is 12.1. The lowest BCUT2D eigenvalue weighted by atomic mass is 10.1. The van der Waals surface area contributed by atoms with Gasteiger partial charge in [-0.05, 0) is 38.1 Å². The van der Waals surface area contributed by atoms with Crippen molar-refractivity contribution in [2.45, 2.75) is 63.9 Å². The van der Waals surface area contributed by atoms with Crippen LogP contribution in [0.2, 0.25) is 5.02 Å². The molecule has 234 valence electrons. The van der Waals surface area contributed by atoms with Crippen molar-refractivity contribution < 1.29 is 39.9 Å². The van der Waals surface area contributed by atoms with Gasteiger partial charge in [-0.1, -0.05) is 11.6 Å². The maximum Gasteiger partial charge on any atom is 0.416 e. The number of aliphatic hydroxyl groups is 1. The molecule has 2 heterocycles. The molecule has 0 aliphatic carbocycles. The molecule has 3 N–H and O–H groups in total. The number of anilines is 1. The summed E-state index contributed by atoms with van der Waals surface area (Å²) in [7, 11) is -3.64. The van der Waals surface area contributed by atoms with Crippen LogP contribution in [0.3, 0.4) is 0 Å². The second-order valence-corrected chi connectivity index (χ2v) is 12.2. The van der Waals surface area contributed by atoms with Crippen molar-refractivity contribution in [3.05, 3.63) is 45.6 Å². The van der Waals surface area contributed by atoms with E-state index in [-0.39, 0.29) is 29.7 Å². The van der Waals surface area contributed by atoms with Gasteiger partial charge in [-0.25, -0.2) is 27.3 Å². The van der Waals surface area contributed by atoms with Gasteiger partial charge in [-0.2, -0.15) is 36.4 Å². The topological polar surface area (TPSA) is 149 Å². The number of aliphatic hydroxyl groups excluding tert-OH is 1. The molecule has 12 nitrogen and oxygen atoms in total. The van der Waals surface area contributed by atoms with Crippen LogP contribution in [-0.2, 0) is 29.7 Å². The van der Waals surface area contributed by atoms with Crippen LogP contribution in [0.15, 0.2) is 29.1 Å². The third kappa shape index (κ3) is 9.43. The maximum atomic E-state index is 13.1. The van der Waals surface area contributed by atoms with Crippen LogP contribution in [0.4, 0.5) is 32.3 Å². The molecule has 0 aliphatic rings. The molecular weight excluding hydrogens is 622 g/mol. The fraction of sp³-hybridized carbons (Fsp3) is 0.545. The molecule has 2 aromatic heterocycles. The third-order valence-corrected chi connectivity index (χ3v) is 6.70. The summed E-state index contributed by atoms with van der Waals surface area (Å²) in [6.45, 7) is 0.456. The highest BCUT2D eigenvalue weighted by Crippen LogP contribution is 2.25. The molecule has 0 saturated carbocycles. The molecule has 3 rings (SSSR count). The Morgan fingerprint density at radius 1 is 1.05 bits per heavy atom. The van der Waals surface area contributed by atoms with Crippen molar-refractivity contribution in [3.8, 4) is 11.4 Å². The zero-order valence-electron chi connectivity index (χ0n) is 22.3. The first-order valence-corrected chi connectivity index (χ1v) is 14.3. The fourth-order valence-corrected chi connectivity index (χ4v) is 4.95. The number of benzene rings is 1. The molecule has 0 fully saturated rings. The molecule has 20 heteroatoms. The molecular formula is C22H27ClF6N8O4S. The van der Waals surface area contributed by atoms with E-state index in [1.807, 2.05) is 0 Å². The number of hydrogen-bond donors (Lipinski definition) is 3.